The van der Waals surface area contributed by atoms with Gasteiger partial charge in [0.25, 0.3) is 0 Å². The van der Waals surface area contributed by atoms with Crippen LogP contribution in [0.4, 0.5) is 0 Å². The second-order valence-corrected chi connectivity index (χ2v) is 13.0. The lowest BCUT2D eigenvalue weighted by atomic mass is 9.78. The van der Waals surface area contributed by atoms with Gasteiger partial charge >= 0.3 is 0 Å². The van der Waals surface area contributed by atoms with E-state index in [1.807, 2.05) is 12.1 Å². The Bertz CT molecular complexity index is 2420. The summed E-state index contributed by atoms with van der Waals surface area (Å²) in [4.78, 5) is 10.4. The Balaban J connectivity index is 1.27. The molecule has 0 amide bonds. The van der Waals surface area contributed by atoms with E-state index in [4.69, 9.17) is 9.97 Å². The Morgan fingerprint density at radius 2 is 0.979 bits per heavy atom. The Morgan fingerprint density at radius 3 is 1.66 bits per heavy atom. The SMILES string of the molecule is CC1(C)c2ccc3ccccc3c2-c2cccc(-c3ccc(-c4nc(-c5ccccc5)cc(-c5ccccc5)n4)c4ccccc34)c21. The first-order chi connectivity index (χ1) is 23.1. The molecule has 1 heterocycles. The monoisotopic (exact) mass is 600 g/mol. The van der Waals surface area contributed by atoms with Crippen molar-refractivity contribution in [1.29, 1.82) is 0 Å². The topological polar surface area (TPSA) is 25.8 Å². The van der Waals surface area contributed by atoms with E-state index in [1.54, 1.807) is 0 Å². The normalized spacial score (nSPS) is 13.1. The summed E-state index contributed by atoms with van der Waals surface area (Å²) in [5.41, 5.74) is 12.8. The maximum Gasteiger partial charge on any atom is 0.161 e. The fraction of sp³-hybridized carbons (Fsp3) is 0.0667. The molecule has 0 saturated heterocycles. The zero-order valence-corrected chi connectivity index (χ0v) is 26.4. The van der Waals surface area contributed by atoms with Gasteiger partial charge in [0.05, 0.1) is 11.4 Å². The number of hydrogen-bond donors (Lipinski definition) is 0. The minimum atomic E-state index is -0.150. The van der Waals surface area contributed by atoms with Crippen LogP contribution >= 0.6 is 0 Å². The van der Waals surface area contributed by atoms with E-state index in [-0.39, 0.29) is 5.41 Å². The van der Waals surface area contributed by atoms with Gasteiger partial charge in [0, 0.05) is 22.1 Å². The molecule has 2 nitrogen and oxygen atoms in total. The third kappa shape index (κ3) is 4.33. The lowest BCUT2D eigenvalue weighted by Crippen LogP contribution is -2.16. The van der Waals surface area contributed by atoms with E-state index in [0.29, 0.717) is 0 Å². The van der Waals surface area contributed by atoms with Gasteiger partial charge in [-0.1, -0.05) is 159 Å². The smallest absolute Gasteiger partial charge is 0.161 e. The molecular weight excluding hydrogens is 569 g/mol. The van der Waals surface area contributed by atoms with Gasteiger partial charge in [0.1, 0.15) is 0 Å². The maximum atomic E-state index is 5.18. The first kappa shape index (κ1) is 27.5. The first-order valence-corrected chi connectivity index (χ1v) is 16.3. The summed E-state index contributed by atoms with van der Waals surface area (Å²) in [6.45, 7) is 4.75. The number of fused-ring (bicyclic) bond motifs is 6. The number of benzene rings is 7. The van der Waals surface area contributed by atoms with E-state index >= 15 is 0 Å². The van der Waals surface area contributed by atoms with Crippen LogP contribution in [-0.2, 0) is 5.41 Å². The zero-order chi connectivity index (χ0) is 31.5. The van der Waals surface area contributed by atoms with Crippen molar-refractivity contribution in [1.82, 2.24) is 9.97 Å². The molecule has 1 aliphatic carbocycles. The molecule has 0 spiro atoms. The van der Waals surface area contributed by atoms with Gasteiger partial charge < -0.3 is 0 Å². The van der Waals surface area contributed by atoms with E-state index in [2.05, 4.69) is 159 Å². The van der Waals surface area contributed by atoms with Crippen molar-refractivity contribution in [2.24, 2.45) is 0 Å². The van der Waals surface area contributed by atoms with Crippen molar-refractivity contribution >= 4 is 21.5 Å². The minimum absolute atomic E-state index is 0.150. The predicted octanol–water partition coefficient (Wildman–Crippen LogP) is 11.8. The average Bonchev–Trinajstić information content (AvgIpc) is 3.38. The number of rotatable bonds is 4. The summed E-state index contributed by atoms with van der Waals surface area (Å²) in [6, 6.07) is 56.3. The van der Waals surface area contributed by atoms with Crippen molar-refractivity contribution in [2.45, 2.75) is 19.3 Å². The lowest BCUT2D eigenvalue weighted by Gasteiger charge is -2.25. The van der Waals surface area contributed by atoms with Crippen LogP contribution < -0.4 is 0 Å². The Morgan fingerprint density at radius 1 is 0.426 bits per heavy atom. The van der Waals surface area contributed by atoms with Crippen molar-refractivity contribution in [3.05, 3.63) is 169 Å². The van der Waals surface area contributed by atoms with Crippen LogP contribution in [0.3, 0.4) is 0 Å². The van der Waals surface area contributed by atoms with Gasteiger partial charge in [-0.15, -0.1) is 0 Å². The zero-order valence-electron chi connectivity index (χ0n) is 26.4. The van der Waals surface area contributed by atoms with Gasteiger partial charge in [-0.05, 0) is 67.1 Å². The van der Waals surface area contributed by atoms with Gasteiger partial charge in [-0.25, -0.2) is 9.97 Å². The summed E-state index contributed by atoms with van der Waals surface area (Å²) in [5.74, 6) is 0.727. The van der Waals surface area contributed by atoms with Crippen molar-refractivity contribution in [3.8, 4) is 56.2 Å². The molecule has 8 aromatic rings. The molecule has 1 aromatic heterocycles. The van der Waals surface area contributed by atoms with Crippen LogP contribution in [0.15, 0.2) is 158 Å². The minimum Gasteiger partial charge on any atom is -0.228 e. The van der Waals surface area contributed by atoms with E-state index in [1.165, 1.54) is 49.5 Å². The van der Waals surface area contributed by atoms with Crippen LogP contribution in [0, 0.1) is 0 Å². The standard InChI is InChI=1S/C45H32N2/c1-45(2)39-27-24-29-14-9-10-19-32(29)42(39)38-23-13-22-36(43(38)45)35-25-26-37(34-21-12-11-20-33(34)35)44-46-40(30-15-5-3-6-16-30)28-41(47-44)31-17-7-4-8-18-31/h3-28H,1-2H3. The second kappa shape index (κ2) is 10.6. The highest BCUT2D eigenvalue weighted by Crippen LogP contribution is 2.55. The number of aromatic nitrogens is 2. The quantitative estimate of drug-likeness (QED) is 0.201. The Hall–Kier alpha value is -5.86. The van der Waals surface area contributed by atoms with Crippen molar-refractivity contribution < 1.29 is 0 Å². The van der Waals surface area contributed by atoms with Crippen LogP contribution in [-0.4, -0.2) is 9.97 Å². The van der Waals surface area contributed by atoms with Gasteiger partial charge in [0.2, 0.25) is 0 Å². The molecule has 0 fully saturated rings. The van der Waals surface area contributed by atoms with E-state index in [9.17, 15) is 0 Å². The maximum absolute atomic E-state index is 5.18. The molecule has 0 aliphatic heterocycles. The van der Waals surface area contributed by atoms with Crippen LogP contribution in [0.2, 0.25) is 0 Å². The summed E-state index contributed by atoms with van der Waals surface area (Å²) in [7, 11) is 0. The average molecular weight is 601 g/mol. The highest BCUT2D eigenvalue weighted by molar-refractivity contribution is 6.08. The van der Waals surface area contributed by atoms with Crippen molar-refractivity contribution in [3.63, 3.8) is 0 Å². The molecule has 222 valence electrons. The molecule has 9 rings (SSSR count). The summed E-state index contributed by atoms with van der Waals surface area (Å²) in [5, 5.41) is 4.94. The third-order valence-corrected chi connectivity index (χ3v) is 9.88. The molecule has 47 heavy (non-hydrogen) atoms. The van der Waals surface area contributed by atoms with E-state index < -0.39 is 0 Å². The van der Waals surface area contributed by atoms with Gasteiger partial charge in [-0.2, -0.15) is 0 Å². The molecule has 0 unspecified atom stereocenters. The Kier molecular flexibility index (Phi) is 6.20. The number of hydrogen-bond acceptors (Lipinski definition) is 2. The molecule has 0 N–H and O–H groups in total. The van der Waals surface area contributed by atoms with E-state index in [0.717, 1.165) is 39.3 Å². The molecule has 2 heteroatoms. The molecule has 0 saturated carbocycles. The summed E-state index contributed by atoms with van der Waals surface area (Å²) < 4.78 is 0. The third-order valence-electron chi connectivity index (χ3n) is 9.88. The largest absolute Gasteiger partial charge is 0.228 e. The summed E-state index contributed by atoms with van der Waals surface area (Å²) >= 11 is 0. The van der Waals surface area contributed by atoms with Crippen LogP contribution in [0.5, 0.6) is 0 Å². The van der Waals surface area contributed by atoms with Gasteiger partial charge in [0.15, 0.2) is 5.82 Å². The molecule has 1 aliphatic rings. The van der Waals surface area contributed by atoms with Crippen LogP contribution in [0.1, 0.15) is 25.0 Å². The molecule has 0 radical (unpaired) electrons. The first-order valence-electron chi connectivity index (χ1n) is 16.3. The van der Waals surface area contributed by atoms with Crippen LogP contribution in [0.25, 0.3) is 77.7 Å². The summed E-state index contributed by atoms with van der Waals surface area (Å²) in [6.07, 6.45) is 0. The molecule has 0 bridgehead atoms. The number of nitrogens with zero attached hydrogens (tertiary/aromatic N) is 2. The second-order valence-electron chi connectivity index (χ2n) is 13.0. The molecular formula is C45H32N2. The van der Waals surface area contributed by atoms with Gasteiger partial charge in [-0.3, -0.25) is 0 Å². The lowest BCUT2D eigenvalue weighted by molar-refractivity contribution is 0.662. The fourth-order valence-corrected chi connectivity index (χ4v) is 7.69. The van der Waals surface area contributed by atoms with Crippen molar-refractivity contribution in [2.75, 3.05) is 0 Å². The Labute approximate surface area is 275 Å². The molecule has 7 aromatic carbocycles. The predicted molar refractivity (Wildman–Crippen MR) is 196 cm³/mol. The molecule has 0 atom stereocenters. The fourth-order valence-electron chi connectivity index (χ4n) is 7.69. The highest BCUT2D eigenvalue weighted by Gasteiger charge is 2.38. The highest BCUT2D eigenvalue weighted by atomic mass is 14.9.